The molecular weight excluding hydrogens is 374 g/mol. The summed E-state index contributed by atoms with van der Waals surface area (Å²) in [5.74, 6) is -0.410. The second-order valence-corrected chi connectivity index (χ2v) is 7.56. The van der Waals surface area contributed by atoms with Crippen molar-refractivity contribution in [2.24, 2.45) is 0 Å². The zero-order valence-corrected chi connectivity index (χ0v) is 17.3. The highest BCUT2D eigenvalue weighted by Gasteiger charge is 2.19. The van der Waals surface area contributed by atoms with Crippen LogP contribution < -0.4 is 19.5 Å². The molecule has 29 heavy (non-hydrogen) atoms. The van der Waals surface area contributed by atoms with Gasteiger partial charge in [-0.2, -0.15) is 0 Å². The lowest BCUT2D eigenvalue weighted by Gasteiger charge is -2.23. The minimum absolute atomic E-state index is 0.0617. The van der Waals surface area contributed by atoms with Crippen molar-refractivity contribution in [2.45, 2.75) is 39.3 Å². The smallest absolute Gasteiger partial charge is 0.343 e. The Morgan fingerprint density at radius 3 is 2.24 bits per heavy atom. The van der Waals surface area contributed by atoms with E-state index in [1.54, 1.807) is 30.3 Å². The van der Waals surface area contributed by atoms with Crippen LogP contribution in [-0.2, 0) is 4.79 Å². The van der Waals surface area contributed by atoms with Crippen LogP contribution in [0, 0.1) is 0 Å². The summed E-state index contributed by atoms with van der Waals surface area (Å²) in [6.45, 7) is 7.54. The summed E-state index contributed by atoms with van der Waals surface area (Å²) in [6.07, 6.45) is -0.824. The number of β-amino-alcohol motifs (C(OH)–C–C–N with tert-alkyl or cyclic N) is 1. The molecule has 2 aromatic carbocycles. The van der Waals surface area contributed by atoms with Crippen LogP contribution >= 0.6 is 0 Å². The minimum Gasteiger partial charge on any atom is -0.497 e. The van der Waals surface area contributed by atoms with Gasteiger partial charge in [0.15, 0.2) is 11.5 Å². The number of aliphatic hydroxyl groups is 1. The van der Waals surface area contributed by atoms with E-state index in [1.165, 1.54) is 26.2 Å². The van der Waals surface area contributed by atoms with E-state index in [0.29, 0.717) is 23.4 Å². The number of ether oxygens (including phenoxy) is 3. The molecule has 2 rings (SSSR count). The highest BCUT2D eigenvalue weighted by atomic mass is 16.6. The van der Waals surface area contributed by atoms with E-state index >= 15 is 0 Å². The van der Waals surface area contributed by atoms with Crippen LogP contribution in [0.15, 0.2) is 42.5 Å². The molecule has 0 saturated carbocycles. The van der Waals surface area contributed by atoms with Crippen LogP contribution in [0.1, 0.15) is 49.7 Å². The first kappa shape index (κ1) is 22.4. The molecule has 1 atom stereocenters. The van der Waals surface area contributed by atoms with Gasteiger partial charge < -0.3 is 24.6 Å². The fraction of sp³-hybridized carbons (Fsp3) is 0.364. The molecule has 0 saturated heterocycles. The number of aliphatic hydroxyl groups excluding tert-OH is 1. The van der Waals surface area contributed by atoms with Crippen LogP contribution in [-0.4, -0.2) is 36.2 Å². The lowest BCUT2D eigenvalue weighted by Crippen LogP contribution is -2.38. The van der Waals surface area contributed by atoms with Crippen LogP contribution in [0.5, 0.6) is 17.2 Å². The van der Waals surface area contributed by atoms with Gasteiger partial charge in [-0.3, -0.25) is 4.79 Å². The Bertz CT molecular complexity index is 855. The molecule has 0 aliphatic carbocycles. The second-order valence-electron chi connectivity index (χ2n) is 7.56. The first-order chi connectivity index (χ1) is 13.6. The summed E-state index contributed by atoms with van der Waals surface area (Å²) in [6, 6.07) is 11.0. The topological polar surface area (TPSA) is 94.1 Å². The van der Waals surface area contributed by atoms with Crippen LogP contribution in [0.4, 0.5) is 0 Å². The quantitative estimate of drug-likeness (QED) is 0.543. The Labute approximate surface area is 170 Å². The highest BCUT2D eigenvalue weighted by molar-refractivity contribution is 5.91. The van der Waals surface area contributed by atoms with E-state index in [-0.39, 0.29) is 17.0 Å². The van der Waals surface area contributed by atoms with Gasteiger partial charge in [-0.05, 0) is 62.7 Å². The Morgan fingerprint density at radius 2 is 1.69 bits per heavy atom. The summed E-state index contributed by atoms with van der Waals surface area (Å²) >= 11 is 0. The van der Waals surface area contributed by atoms with Crippen molar-refractivity contribution in [3.05, 3.63) is 53.6 Å². The van der Waals surface area contributed by atoms with E-state index in [9.17, 15) is 14.7 Å². The number of rotatable bonds is 7. The molecule has 0 unspecified atom stereocenters. The normalized spacial score (nSPS) is 12.2. The molecule has 2 N–H and O–H groups in total. The molecule has 0 aromatic heterocycles. The summed E-state index contributed by atoms with van der Waals surface area (Å²) in [7, 11) is 1.53. The number of benzene rings is 2. The van der Waals surface area contributed by atoms with E-state index in [2.05, 4.69) is 5.32 Å². The third-order valence-electron chi connectivity index (χ3n) is 3.96. The molecular formula is C22H27NO6. The van der Waals surface area contributed by atoms with Gasteiger partial charge in [-0.25, -0.2) is 4.79 Å². The number of esters is 2. The third kappa shape index (κ3) is 6.89. The highest BCUT2D eigenvalue weighted by Crippen LogP contribution is 2.31. The predicted molar refractivity (Wildman–Crippen MR) is 108 cm³/mol. The predicted octanol–water partition coefficient (Wildman–Crippen LogP) is 3.26. The average Bonchev–Trinajstić information content (AvgIpc) is 2.66. The van der Waals surface area contributed by atoms with E-state index in [0.717, 1.165) is 0 Å². The van der Waals surface area contributed by atoms with Crippen molar-refractivity contribution in [3.8, 4) is 17.2 Å². The lowest BCUT2D eigenvalue weighted by molar-refractivity contribution is -0.132. The standard InChI is InChI=1S/C22H27NO6/c1-14(24)28-20-12-16(18(25)13-23-22(2,3)4)8-11-19(20)29-21(26)15-6-9-17(27-5)10-7-15/h6-12,18,23,25H,13H2,1-5H3/t18-/m0/s1. The number of hydrogen-bond acceptors (Lipinski definition) is 7. The van der Waals surface area contributed by atoms with Crippen LogP contribution in [0.25, 0.3) is 0 Å². The van der Waals surface area contributed by atoms with Gasteiger partial charge in [0.2, 0.25) is 0 Å². The molecule has 0 amide bonds. The molecule has 7 heteroatoms. The molecule has 2 aromatic rings. The fourth-order valence-electron chi connectivity index (χ4n) is 2.46. The SMILES string of the molecule is COc1ccc(C(=O)Oc2ccc([C@@H](O)CNC(C)(C)C)cc2OC(C)=O)cc1. The lowest BCUT2D eigenvalue weighted by atomic mass is 10.1. The first-order valence-corrected chi connectivity index (χ1v) is 9.21. The van der Waals surface area contributed by atoms with Gasteiger partial charge in [0.1, 0.15) is 5.75 Å². The zero-order chi connectivity index (χ0) is 21.6. The Balaban J connectivity index is 2.21. The van der Waals surface area contributed by atoms with Gasteiger partial charge in [-0.15, -0.1) is 0 Å². The van der Waals surface area contributed by atoms with Crippen molar-refractivity contribution in [1.29, 1.82) is 0 Å². The van der Waals surface area contributed by atoms with Crippen molar-refractivity contribution < 1.29 is 28.9 Å². The number of nitrogens with one attached hydrogen (secondary N) is 1. The van der Waals surface area contributed by atoms with Gasteiger partial charge in [0, 0.05) is 19.0 Å². The molecule has 156 valence electrons. The molecule has 0 aliphatic rings. The Kier molecular flexibility index (Phi) is 7.36. The molecule has 0 bridgehead atoms. The van der Waals surface area contributed by atoms with E-state index in [4.69, 9.17) is 14.2 Å². The van der Waals surface area contributed by atoms with Crippen LogP contribution in [0.3, 0.4) is 0 Å². The van der Waals surface area contributed by atoms with Crippen LogP contribution in [0.2, 0.25) is 0 Å². The molecule has 0 spiro atoms. The number of methoxy groups -OCH3 is 1. The fourth-order valence-corrected chi connectivity index (χ4v) is 2.46. The van der Waals surface area contributed by atoms with E-state index < -0.39 is 18.0 Å². The van der Waals surface area contributed by atoms with Crippen molar-refractivity contribution in [2.75, 3.05) is 13.7 Å². The van der Waals surface area contributed by atoms with Crippen molar-refractivity contribution in [3.63, 3.8) is 0 Å². The number of carbonyl (C=O) groups is 2. The van der Waals surface area contributed by atoms with Gasteiger partial charge in [-0.1, -0.05) is 6.07 Å². The maximum Gasteiger partial charge on any atom is 0.343 e. The Hall–Kier alpha value is -2.90. The largest absolute Gasteiger partial charge is 0.497 e. The monoisotopic (exact) mass is 401 g/mol. The number of hydrogen-bond donors (Lipinski definition) is 2. The summed E-state index contributed by atoms with van der Waals surface area (Å²) in [4.78, 5) is 23.9. The maximum atomic E-state index is 12.4. The Morgan fingerprint density at radius 1 is 1.03 bits per heavy atom. The minimum atomic E-state index is -0.824. The average molecular weight is 401 g/mol. The van der Waals surface area contributed by atoms with E-state index in [1.807, 2.05) is 20.8 Å². The van der Waals surface area contributed by atoms with Gasteiger partial charge in [0.25, 0.3) is 0 Å². The van der Waals surface area contributed by atoms with Crippen molar-refractivity contribution in [1.82, 2.24) is 5.32 Å². The number of carbonyl (C=O) groups excluding carboxylic acids is 2. The molecule has 7 nitrogen and oxygen atoms in total. The third-order valence-corrected chi connectivity index (χ3v) is 3.96. The molecule has 0 radical (unpaired) electrons. The maximum absolute atomic E-state index is 12.4. The summed E-state index contributed by atoms with van der Waals surface area (Å²) in [5, 5.41) is 13.6. The van der Waals surface area contributed by atoms with Gasteiger partial charge in [0.05, 0.1) is 18.8 Å². The molecule has 0 heterocycles. The van der Waals surface area contributed by atoms with Gasteiger partial charge >= 0.3 is 11.9 Å². The molecule has 0 fully saturated rings. The first-order valence-electron chi connectivity index (χ1n) is 9.21. The summed E-state index contributed by atoms with van der Waals surface area (Å²) < 4.78 is 15.7. The molecule has 0 aliphatic heterocycles. The van der Waals surface area contributed by atoms with Crippen molar-refractivity contribution >= 4 is 11.9 Å². The zero-order valence-electron chi connectivity index (χ0n) is 17.3. The summed E-state index contributed by atoms with van der Waals surface area (Å²) in [5.41, 5.74) is 0.688. The second kappa shape index (κ2) is 9.54.